The number of rotatable bonds is 4. The van der Waals surface area contributed by atoms with Crippen molar-refractivity contribution in [2.75, 3.05) is 23.9 Å². The van der Waals surface area contributed by atoms with Gasteiger partial charge in [-0.25, -0.2) is 4.63 Å². The molecule has 1 unspecified atom stereocenters. The number of nitrogens with zero attached hydrogens (tertiary/aromatic N) is 2. The summed E-state index contributed by atoms with van der Waals surface area (Å²) in [6, 6.07) is 0. The molecule has 0 aliphatic heterocycles. The minimum absolute atomic E-state index is 0.579. The minimum Gasteiger partial charge on any atom is -0.365 e. The Kier molecular flexibility index (Phi) is 3.03. The highest BCUT2D eigenvalue weighted by Gasteiger charge is 1.95. The van der Waals surface area contributed by atoms with E-state index >= 15 is 0 Å². The van der Waals surface area contributed by atoms with E-state index < -0.39 is 10.8 Å². The van der Waals surface area contributed by atoms with Crippen LogP contribution in [0.1, 0.15) is 0 Å². The third kappa shape index (κ3) is 3.13. The number of hydrogen-bond donors (Lipinski definition) is 1. The fourth-order valence-electron chi connectivity index (χ4n) is 0.565. The van der Waals surface area contributed by atoms with Crippen LogP contribution in [0.2, 0.25) is 0 Å². The zero-order chi connectivity index (χ0) is 8.10. The lowest BCUT2D eigenvalue weighted by Crippen LogP contribution is -2.09. The number of aromatic nitrogens is 2. The van der Waals surface area contributed by atoms with Crippen LogP contribution in [0.3, 0.4) is 0 Å². The molecule has 1 rings (SSSR count). The molecule has 0 amide bonds. The first-order valence-electron chi connectivity index (χ1n) is 3.10. The van der Waals surface area contributed by atoms with Gasteiger partial charge < -0.3 is 5.32 Å². The second-order valence-corrected chi connectivity index (χ2v) is 3.55. The first kappa shape index (κ1) is 8.19. The van der Waals surface area contributed by atoms with Crippen LogP contribution in [-0.2, 0) is 10.8 Å². The van der Waals surface area contributed by atoms with Crippen LogP contribution in [0, 0.1) is 0 Å². The maximum Gasteiger partial charge on any atom is 0.190 e. The lowest BCUT2D eigenvalue weighted by Gasteiger charge is -1.96. The third-order valence-corrected chi connectivity index (χ3v) is 1.84. The average Bonchev–Trinajstić information content (AvgIpc) is 2.39. The molecule has 0 fully saturated rings. The quantitative estimate of drug-likeness (QED) is 0.689. The molecule has 1 heterocycles. The van der Waals surface area contributed by atoms with Gasteiger partial charge in [0.05, 0.1) is 0 Å². The minimum atomic E-state index is -0.768. The van der Waals surface area contributed by atoms with Gasteiger partial charge in [0.2, 0.25) is 0 Å². The van der Waals surface area contributed by atoms with E-state index in [1.54, 1.807) is 6.26 Å². The summed E-state index contributed by atoms with van der Waals surface area (Å²) in [7, 11) is -0.768. The van der Waals surface area contributed by atoms with E-state index in [1.165, 1.54) is 6.20 Å². The molecule has 0 spiro atoms. The highest BCUT2D eigenvalue weighted by Crippen LogP contribution is 1.95. The molecule has 0 aromatic carbocycles. The Morgan fingerprint density at radius 1 is 1.82 bits per heavy atom. The van der Waals surface area contributed by atoms with Gasteiger partial charge in [0.15, 0.2) is 5.82 Å². The van der Waals surface area contributed by atoms with Gasteiger partial charge in [-0.1, -0.05) is 5.16 Å². The van der Waals surface area contributed by atoms with Crippen LogP contribution in [0.15, 0.2) is 10.8 Å². The summed E-state index contributed by atoms with van der Waals surface area (Å²) in [4.78, 5) is 0. The molecule has 0 radical (unpaired) electrons. The molecule has 1 N–H and O–H groups in total. The highest BCUT2D eigenvalue weighted by molar-refractivity contribution is 7.84. The zero-order valence-electron chi connectivity index (χ0n) is 6.11. The Labute approximate surface area is 66.6 Å². The highest BCUT2D eigenvalue weighted by atomic mass is 32.2. The maximum atomic E-state index is 10.6. The van der Waals surface area contributed by atoms with Crippen LogP contribution in [0.25, 0.3) is 0 Å². The van der Waals surface area contributed by atoms with Crippen molar-refractivity contribution in [3.05, 3.63) is 6.20 Å². The second-order valence-electron chi connectivity index (χ2n) is 2.00. The molecule has 0 aliphatic carbocycles. The van der Waals surface area contributed by atoms with Crippen LogP contribution < -0.4 is 5.32 Å². The number of anilines is 1. The number of nitrogens with one attached hydrogen (secondary N) is 1. The largest absolute Gasteiger partial charge is 0.365 e. The molecule has 1 atom stereocenters. The summed E-state index contributed by atoms with van der Waals surface area (Å²) in [5, 5.41) is 9.81. The van der Waals surface area contributed by atoms with Gasteiger partial charge in [-0.3, -0.25) is 4.21 Å². The topological polar surface area (TPSA) is 68.0 Å². The predicted octanol–water partition coefficient (Wildman–Crippen LogP) is -0.140. The Balaban J connectivity index is 2.19. The summed E-state index contributed by atoms with van der Waals surface area (Å²) in [5.41, 5.74) is 0. The van der Waals surface area contributed by atoms with Gasteiger partial charge in [0.25, 0.3) is 0 Å². The molecule has 0 bridgehead atoms. The molecule has 0 saturated carbocycles. The summed E-state index contributed by atoms with van der Waals surface area (Å²) < 4.78 is 14.9. The Morgan fingerprint density at radius 3 is 3.18 bits per heavy atom. The fraction of sp³-hybridized carbons (Fsp3) is 0.600. The summed E-state index contributed by atoms with van der Waals surface area (Å²) in [6.07, 6.45) is 3.13. The van der Waals surface area contributed by atoms with Crippen molar-refractivity contribution in [2.24, 2.45) is 0 Å². The van der Waals surface area contributed by atoms with Crippen LogP contribution in [0.5, 0.6) is 0 Å². The van der Waals surface area contributed by atoms with Crippen molar-refractivity contribution >= 4 is 16.6 Å². The zero-order valence-corrected chi connectivity index (χ0v) is 6.93. The van der Waals surface area contributed by atoms with Crippen LogP contribution >= 0.6 is 0 Å². The first-order valence-corrected chi connectivity index (χ1v) is 4.83. The molecule has 5 nitrogen and oxygen atoms in total. The molecule has 1 aromatic rings. The van der Waals surface area contributed by atoms with Gasteiger partial charge in [-0.05, 0) is 5.16 Å². The second kappa shape index (κ2) is 4.07. The van der Waals surface area contributed by atoms with Crippen molar-refractivity contribution < 1.29 is 8.84 Å². The predicted molar refractivity (Wildman–Crippen MR) is 41.7 cm³/mol. The van der Waals surface area contributed by atoms with Crippen molar-refractivity contribution in [3.8, 4) is 0 Å². The van der Waals surface area contributed by atoms with Crippen molar-refractivity contribution in [3.63, 3.8) is 0 Å². The van der Waals surface area contributed by atoms with Crippen LogP contribution in [-0.4, -0.2) is 33.1 Å². The van der Waals surface area contributed by atoms with E-state index in [0.29, 0.717) is 18.1 Å². The van der Waals surface area contributed by atoms with Crippen molar-refractivity contribution in [1.29, 1.82) is 0 Å². The molecule has 0 aliphatic rings. The van der Waals surface area contributed by atoms with Crippen LogP contribution in [0.4, 0.5) is 5.82 Å². The lowest BCUT2D eigenvalue weighted by atomic mass is 10.6. The van der Waals surface area contributed by atoms with Crippen molar-refractivity contribution in [2.45, 2.75) is 0 Å². The smallest absolute Gasteiger partial charge is 0.190 e. The Hall–Kier alpha value is -0.910. The average molecular weight is 175 g/mol. The Morgan fingerprint density at radius 2 is 2.64 bits per heavy atom. The van der Waals surface area contributed by atoms with Crippen molar-refractivity contribution in [1.82, 2.24) is 10.3 Å². The fourth-order valence-corrected chi connectivity index (χ4v) is 0.955. The number of hydrogen-bond acceptors (Lipinski definition) is 5. The molecule has 6 heteroatoms. The third-order valence-electron chi connectivity index (χ3n) is 1.06. The standard InChI is InChI=1S/C5H9N3O2S/c1-11(9)3-2-6-5-4-7-10-8-5/h4H,2-3H2,1H3,(H,6,8). The molecule has 1 aromatic heterocycles. The summed E-state index contributed by atoms with van der Waals surface area (Å²) >= 11 is 0. The molecule has 11 heavy (non-hydrogen) atoms. The normalized spacial score (nSPS) is 12.8. The van der Waals surface area contributed by atoms with E-state index in [1.807, 2.05) is 0 Å². The van der Waals surface area contributed by atoms with E-state index in [2.05, 4.69) is 20.3 Å². The van der Waals surface area contributed by atoms with Gasteiger partial charge in [-0.15, -0.1) is 0 Å². The maximum absolute atomic E-state index is 10.6. The van der Waals surface area contributed by atoms with E-state index in [0.717, 1.165) is 0 Å². The van der Waals surface area contributed by atoms with E-state index in [-0.39, 0.29) is 0 Å². The van der Waals surface area contributed by atoms with Gasteiger partial charge in [-0.2, -0.15) is 0 Å². The van der Waals surface area contributed by atoms with Gasteiger partial charge >= 0.3 is 0 Å². The first-order chi connectivity index (χ1) is 5.29. The monoisotopic (exact) mass is 175 g/mol. The van der Waals surface area contributed by atoms with E-state index in [9.17, 15) is 4.21 Å². The Bertz CT molecular complexity index is 224. The van der Waals surface area contributed by atoms with E-state index in [4.69, 9.17) is 0 Å². The summed E-state index contributed by atoms with van der Waals surface area (Å²) in [5.74, 6) is 1.18. The molecule has 62 valence electrons. The summed E-state index contributed by atoms with van der Waals surface area (Å²) in [6.45, 7) is 0.622. The lowest BCUT2D eigenvalue weighted by molar-refractivity contribution is 0.308. The molecular formula is C5H9N3O2S. The van der Waals surface area contributed by atoms with Gasteiger partial charge in [0.1, 0.15) is 6.20 Å². The van der Waals surface area contributed by atoms with Gasteiger partial charge in [0, 0.05) is 29.4 Å². The molecular weight excluding hydrogens is 166 g/mol. The molecule has 0 saturated heterocycles. The SMILES string of the molecule is CS(=O)CCNc1cnon1.